The maximum Gasteiger partial charge on any atom is -0.00341 e. The third-order valence-corrected chi connectivity index (χ3v) is 3.33. The van der Waals surface area contributed by atoms with Gasteiger partial charge in [-0.1, -0.05) is 19.8 Å². The molecule has 0 spiro atoms. The summed E-state index contributed by atoms with van der Waals surface area (Å²) in [6.07, 6.45) is 5.45. The summed E-state index contributed by atoms with van der Waals surface area (Å²) in [6, 6.07) is 0. The summed E-state index contributed by atoms with van der Waals surface area (Å²) in [5, 5.41) is 0. The molecule has 72 valence electrons. The second-order valence-corrected chi connectivity index (χ2v) is 4.25. The van der Waals surface area contributed by atoms with Crippen molar-refractivity contribution in [3.05, 3.63) is 0 Å². The monoisotopic (exact) mass is 170 g/mol. The Morgan fingerprint density at radius 3 is 2.00 bits per heavy atom. The fraction of sp³-hybridized carbons (Fsp3) is 1.00. The normalized spacial score (nSPS) is 31.0. The van der Waals surface area contributed by atoms with Crippen LogP contribution in [0.5, 0.6) is 0 Å². The third kappa shape index (κ3) is 2.46. The second-order valence-electron chi connectivity index (χ2n) is 4.25. The first kappa shape index (κ1) is 10.0. The molecule has 1 saturated carbocycles. The number of nitrogens with two attached hydrogens (primary N) is 2. The fourth-order valence-corrected chi connectivity index (χ4v) is 2.24. The average molecular weight is 170 g/mol. The first-order valence-electron chi connectivity index (χ1n) is 5.18. The van der Waals surface area contributed by atoms with E-state index in [2.05, 4.69) is 6.92 Å². The Kier molecular flexibility index (Phi) is 4.02. The van der Waals surface area contributed by atoms with Gasteiger partial charge in [-0.05, 0) is 43.7 Å². The maximum absolute atomic E-state index is 5.67. The largest absolute Gasteiger partial charge is 0.330 e. The lowest BCUT2D eigenvalue weighted by Gasteiger charge is -2.31. The summed E-state index contributed by atoms with van der Waals surface area (Å²) >= 11 is 0. The van der Waals surface area contributed by atoms with Crippen LogP contribution in [0.25, 0.3) is 0 Å². The van der Waals surface area contributed by atoms with Gasteiger partial charge in [0.2, 0.25) is 0 Å². The van der Waals surface area contributed by atoms with Crippen molar-refractivity contribution in [3.63, 3.8) is 0 Å². The first-order chi connectivity index (χ1) is 5.77. The molecule has 4 N–H and O–H groups in total. The van der Waals surface area contributed by atoms with Crippen LogP contribution in [0, 0.1) is 17.8 Å². The standard InChI is InChI=1S/C10H22N2/c1-8-2-4-9(5-3-8)10(6-11)7-12/h8-10H,2-7,11-12H2,1H3. The summed E-state index contributed by atoms with van der Waals surface area (Å²) in [6.45, 7) is 3.89. The van der Waals surface area contributed by atoms with E-state index < -0.39 is 0 Å². The van der Waals surface area contributed by atoms with Gasteiger partial charge in [0, 0.05) is 0 Å². The minimum atomic E-state index is 0.581. The van der Waals surface area contributed by atoms with Gasteiger partial charge >= 0.3 is 0 Å². The molecule has 12 heavy (non-hydrogen) atoms. The molecule has 0 aliphatic heterocycles. The SMILES string of the molecule is CC1CCC(C(CN)CN)CC1. The molecule has 0 amide bonds. The van der Waals surface area contributed by atoms with Crippen LogP contribution in [0.4, 0.5) is 0 Å². The Hall–Kier alpha value is -0.0800. The molecule has 1 fully saturated rings. The van der Waals surface area contributed by atoms with Gasteiger partial charge in [-0.25, -0.2) is 0 Å². The van der Waals surface area contributed by atoms with Crippen molar-refractivity contribution in [1.82, 2.24) is 0 Å². The molecule has 0 aromatic heterocycles. The van der Waals surface area contributed by atoms with E-state index in [0.717, 1.165) is 24.9 Å². The van der Waals surface area contributed by atoms with Gasteiger partial charge in [-0.3, -0.25) is 0 Å². The van der Waals surface area contributed by atoms with E-state index in [-0.39, 0.29) is 0 Å². The molecule has 0 saturated heterocycles. The summed E-state index contributed by atoms with van der Waals surface area (Å²) in [5.74, 6) is 2.33. The van der Waals surface area contributed by atoms with Crippen molar-refractivity contribution >= 4 is 0 Å². The Labute approximate surface area is 75.7 Å². The molecular formula is C10H22N2. The molecule has 0 aromatic carbocycles. The molecule has 0 atom stereocenters. The zero-order valence-electron chi connectivity index (χ0n) is 8.13. The molecule has 2 nitrogen and oxygen atoms in total. The van der Waals surface area contributed by atoms with E-state index in [0.29, 0.717) is 5.92 Å². The van der Waals surface area contributed by atoms with E-state index in [1.54, 1.807) is 0 Å². The van der Waals surface area contributed by atoms with Crippen LogP contribution in [0.15, 0.2) is 0 Å². The summed E-state index contributed by atoms with van der Waals surface area (Å²) < 4.78 is 0. The van der Waals surface area contributed by atoms with Gasteiger partial charge in [0.05, 0.1) is 0 Å². The predicted octanol–water partition coefficient (Wildman–Crippen LogP) is 1.35. The van der Waals surface area contributed by atoms with Gasteiger partial charge in [0.1, 0.15) is 0 Å². The van der Waals surface area contributed by atoms with Crippen molar-refractivity contribution < 1.29 is 0 Å². The van der Waals surface area contributed by atoms with Crippen molar-refractivity contribution in [3.8, 4) is 0 Å². The Morgan fingerprint density at radius 1 is 1.08 bits per heavy atom. The van der Waals surface area contributed by atoms with Crippen LogP contribution in [0.3, 0.4) is 0 Å². The highest BCUT2D eigenvalue weighted by Gasteiger charge is 2.23. The molecular weight excluding hydrogens is 148 g/mol. The number of hydrogen-bond donors (Lipinski definition) is 2. The molecule has 2 heteroatoms. The molecule has 1 rings (SSSR count). The van der Waals surface area contributed by atoms with E-state index in [1.165, 1.54) is 25.7 Å². The van der Waals surface area contributed by atoms with Crippen LogP contribution in [-0.2, 0) is 0 Å². The smallest absolute Gasteiger partial charge is 0.00341 e. The van der Waals surface area contributed by atoms with Crippen LogP contribution in [0.2, 0.25) is 0 Å². The Bertz CT molecular complexity index is 113. The van der Waals surface area contributed by atoms with E-state index in [9.17, 15) is 0 Å². The highest BCUT2D eigenvalue weighted by Crippen LogP contribution is 2.32. The highest BCUT2D eigenvalue weighted by molar-refractivity contribution is 4.77. The number of hydrogen-bond acceptors (Lipinski definition) is 2. The van der Waals surface area contributed by atoms with Crippen molar-refractivity contribution in [2.24, 2.45) is 29.2 Å². The van der Waals surface area contributed by atoms with Crippen LogP contribution >= 0.6 is 0 Å². The van der Waals surface area contributed by atoms with Gasteiger partial charge in [0.25, 0.3) is 0 Å². The highest BCUT2D eigenvalue weighted by atomic mass is 14.6. The van der Waals surface area contributed by atoms with Crippen LogP contribution in [-0.4, -0.2) is 13.1 Å². The lowest BCUT2D eigenvalue weighted by molar-refractivity contribution is 0.220. The average Bonchev–Trinajstić information content (AvgIpc) is 2.10. The molecule has 1 aliphatic rings. The summed E-state index contributed by atoms with van der Waals surface area (Å²) in [4.78, 5) is 0. The number of rotatable bonds is 3. The van der Waals surface area contributed by atoms with Crippen molar-refractivity contribution in [2.75, 3.05) is 13.1 Å². The van der Waals surface area contributed by atoms with Gasteiger partial charge < -0.3 is 11.5 Å². The van der Waals surface area contributed by atoms with Crippen molar-refractivity contribution in [1.29, 1.82) is 0 Å². The van der Waals surface area contributed by atoms with E-state index in [1.807, 2.05) is 0 Å². The lowest BCUT2D eigenvalue weighted by Crippen LogP contribution is -2.32. The maximum atomic E-state index is 5.67. The topological polar surface area (TPSA) is 52.0 Å². The van der Waals surface area contributed by atoms with Gasteiger partial charge in [-0.2, -0.15) is 0 Å². The second kappa shape index (κ2) is 4.83. The minimum absolute atomic E-state index is 0.581. The zero-order valence-corrected chi connectivity index (χ0v) is 8.13. The molecule has 0 heterocycles. The van der Waals surface area contributed by atoms with Gasteiger partial charge in [-0.15, -0.1) is 0 Å². The van der Waals surface area contributed by atoms with Crippen molar-refractivity contribution in [2.45, 2.75) is 32.6 Å². The molecule has 1 aliphatic carbocycles. The minimum Gasteiger partial charge on any atom is -0.330 e. The third-order valence-electron chi connectivity index (χ3n) is 3.33. The molecule has 0 radical (unpaired) electrons. The molecule has 0 unspecified atom stereocenters. The quantitative estimate of drug-likeness (QED) is 0.671. The first-order valence-corrected chi connectivity index (χ1v) is 5.18. The zero-order chi connectivity index (χ0) is 8.97. The predicted molar refractivity (Wildman–Crippen MR) is 52.7 cm³/mol. The summed E-state index contributed by atoms with van der Waals surface area (Å²) in [7, 11) is 0. The van der Waals surface area contributed by atoms with Gasteiger partial charge in [0.15, 0.2) is 0 Å². The molecule has 0 bridgehead atoms. The van der Waals surface area contributed by atoms with Crippen LogP contribution < -0.4 is 11.5 Å². The Morgan fingerprint density at radius 2 is 1.58 bits per heavy atom. The fourth-order valence-electron chi connectivity index (χ4n) is 2.24. The summed E-state index contributed by atoms with van der Waals surface area (Å²) in [5.41, 5.74) is 11.3. The van der Waals surface area contributed by atoms with Crippen LogP contribution in [0.1, 0.15) is 32.6 Å². The molecule has 0 aromatic rings. The Balaban J connectivity index is 2.32. The lowest BCUT2D eigenvalue weighted by atomic mass is 9.76. The van der Waals surface area contributed by atoms with E-state index >= 15 is 0 Å². The van der Waals surface area contributed by atoms with E-state index in [4.69, 9.17) is 11.5 Å².